The minimum Gasteiger partial charge on any atom is -0.383 e. The molecule has 1 aliphatic rings. The lowest BCUT2D eigenvalue weighted by Crippen LogP contribution is -2.32. The molecular formula is C26H26N2O3. The van der Waals surface area contributed by atoms with Crippen molar-refractivity contribution in [3.63, 3.8) is 0 Å². The maximum Gasteiger partial charge on any atom is 0.173 e. The quantitative estimate of drug-likeness (QED) is 0.519. The van der Waals surface area contributed by atoms with Gasteiger partial charge in [0.15, 0.2) is 11.4 Å². The number of hydrogen-bond acceptors (Lipinski definition) is 4. The van der Waals surface area contributed by atoms with Gasteiger partial charge in [-0.1, -0.05) is 66.7 Å². The summed E-state index contributed by atoms with van der Waals surface area (Å²) >= 11 is 0. The van der Waals surface area contributed by atoms with Crippen LogP contribution in [-0.2, 0) is 22.5 Å². The van der Waals surface area contributed by atoms with Gasteiger partial charge in [-0.3, -0.25) is 0 Å². The molecule has 0 amide bonds. The Bertz CT molecular complexity index is 1160. The van der Waals surface area contributed by atoms with Gasteiger partial charge in [0, 0.05) is 19.6 Å². The molecule has 31 heavy (non-hydrogen) atoms. The molecule has 1 saturated heterocycles. The summed E-state index contributed by atoms with van der Waals surface area (Å²) in [6.07, 6.45) is 0.573. The number of nitrogens with zero attached hydrogens (tertiary/aromatic N) is 2. The van der Waals surface area contributed by atoms with Gasteiger partial charge in [0.1, 0.15) is 5.60 Å². The van der Waals surface area contributed by atoms with E-state index >= 15 is 0 Å². The van der Waals surface area contributed by atoms with Crippen LogP contribution in [-0.4, -0.2) is 33.0 Å². The fourth-order valence-electron chi connectivity index (χ4n) is 4.57. The van der Waals surface area contributed by atoms with Gasteiger partial charge in [-0.15, -0.1) is 0 Å². The summed E-state index contributed by atoms with van der Waals surface area (Å²) in [7, 11) is 0. The summed E-state index contributed by atoms with van der Waals surface area (Å²) in [5.74, 6) is 0.564. The Morgan fingerprint density at radius 2 is 1.65 bits per heavy atom. The average Bonchev–Trinajstić information content (AvgIpc) is 3.43. The Labute approximate surface area is 181 Å². The highest BCUT2D eigenvalue weighted by atomic mass is 16.5. The van der Waals surface area contributed by atoms with Gasteiger partial charge in [0.05, 0.1) is 17.6 Å². The first-order valence-corrected chi connectivity index (χ1v) is 10.7. The minimum absolute atomic E-state index is 0.295. The van der Waals surface area contributed by atoms with E-state index in [-0.39, 0.29) is 0 Å². The van der Waals surface area contributed by atoms with Crippen molar-refractivity contribution in [2.75, 3.05) is 13.2 Å². The fourth-order valence-corrected chi connectivity index (χ4v) is 4.57. The van der Waals surface area contributed by atoms with Gasteiger partial charge < -0.3 is 19.5 Å². The van der Waals surface area contributed by atoms with Crippen molar-refractivity contribution in [3.8, 4) is 0 Å². The minimum atomic E-state index is -1.41. The Balaban J connectivity index is 1.75. The SMILES string of the molecule is CCn1c(C(O)(c2ccccc2)c2ccccc2)nc2ccc(C3(O)CCOC3)cc21. The van der Waals surface area contributed by atoms with Crippen molar-refractivity contribution in [1.29, 1.82) is 0 Å². The van der Waals surface area contributed by atoms with E-state index in [1.165, 1.54) is 0 Å². The first-order chi connectivity index (χ1) is 15.1. The lowest BCUT2D eigenvalue weighted by Gasteiger charge is -2.29. The predicted octanol–water partition coefficient (Wildman–Crippen LogP) is 3.95. The van der Waals surface area contributed by atoms with Crippen LogP contribution in [0.5, 0.6) is 0 Å². The van der Waals surface area contributed by atoms with Gasteiger partial charge in [-0.2, -0.15) is 0 Å². The van der Waals surface area contributed by atoms with Gasteiger partial charge in [0.2, 0.25) is 0 Å². The van der Waals surface area contributed by atoms with Crippen molar-refractivity contribution in [3.05, 3.63) is 101 Å². The summed E-state index contributed by atoms with van der Waals surface area (Å²) in [5, 5.41) is 23.2. The lowest BCUT2D eigenvalue weighted by atomic mass is 9.85. The Hall–Kier alpha value is -2.99. The molecular weight excluding hydrogens is 388 g/mol. The van der Waals surface area contributed by atoms with Crippen molar-refractivity contribution in [2.45, 2.75) is 31.1 Å². The van der Waals surface area contributed by atoms with Gasteiger partial charge >= 0.3 is 0 Å². The summed E-state index contributed by atoms with van der Waals surface area (Å²) in [6.45, 7) is 3.52. The van der Waals surface area contributed by atoms with E-state index in [0.29, 0.717) is 32.0 Å². The molecule has 0 saturated carbocycles. The van der Waals surface area contributed by atoms with Crippen LogP contribution in [0.3, 0.4) is 0 Å². The molecule has 0 spiro atoms. The molecule has 0 bridgehead atoms. The number of imidazole rings is 1. The Morgan fingerprint density at radius 1 is 1.00 bits per heavy atom. The van der Waals surface area contributed by atoms with E-state index < -0.39 is 11.2 Å². The predicted molar refractivity (Wildman–Crippen MR) is 120 cm³/mol. The Kier molecular flexibility index (Phi) is 4.89. The van der Waals surface area contributed by atoms with Crippen molar-refractivity contribution in [2.24, 2.45) is 0 Å². The number of fused-ring (bicyclic) bond motifs is 1. The summed E-state index contributed by atoms with van der Waals surface area (Å²) in [6, 6.07) is 25.1. The molecule has 5 rings (SSSR count). The number of aliphatic hydroxyl groups is 2. The van der Waals surface area contributed by atoms with E-state index in [1.54, 1.807) is 0 Å². The highest BCUT2D eigenvalue weighted by Crippen LogP contribution is 2.39. The normalized spacial score (nSPS) is 19.2. The third-order valence-corrected chi connectivity index (χ3v) is 6.31. The molecule has 1 fully saturated rings. The highest BCUT2D eigenvalue weighted by Gasteiger charge is 2.39. The molecule has 4 aromatic rings. The van der Waals surface area contributed by atoms with Crippen LogP contribution in [0.4, 0.5) is 0 Å². The molecule has 2 heterocycles. The second kappa shape index (κ2) is 7.61. The van der Waals surface area contributed by atoms with Gasteiger partial charge in [-0.25, -0.2) is 4.98 Å². The van der Waals surface area contributed by atoms with Crippen LogP contribution < -0.4 is 0 Å². The molecule has 5 nitrogen and oxygen atoms in total. The molecule has 5 heteroatoms. The van der Waals surface area contributed by atoms with Crippen LogP contribution in [0.15, 0.2) is 78.9 Å². The number of aryl methyl sites for hydroxylation is 1. The first-order valence-electron chi connectivity index (χ1n) is 10.7. The monoisotopic (exact) mass is 414 g/mol. The van der Waals surface area contributed by atoms with E-state index in [2.05, 4.69) is 0 Å². The summed E-state index contributed by atoms with van der Waals surface area (Å²) in [4.78, 5) is 4.90. The van der Waals surface area contributed by atoms with Crippen LogP contribution in [0.25, 0.3) is 11.0 Å². The van der Waals surface area contributed by atoms with E-state index in [0.717, 1.165) is 27.7 Å². The van der Waals surface area contributed by atoms with Crippen LogP contribution >= 0.6 is 0 Å². The number of rotatable bonds is 5. The van der Waals surface area contributed by atoms with E-state index in [4.69, 9.17) is 9.72 Å². The fraction of sp³-hybridized carbons (Fsp3) is 0.269. The second-order valence-corrected chi connectivity index (χ2v) is 8.16. The molecule has 2 N–H and O–H groups in total. The lowest BCUT2D eigenvalue weighted by molar-refractivity contribution is 0.0233. The highest BCUT2D eigenvalue weighted by molar-refractivity contribution is 5.78. The van der Waals surface area contributed by atoms with Crippen molar-refractivity contribution < 1.29 is 14.9 Å². The van der Waals surface area contributed by atoms with Crippen LogP contribution in [0, 0.1) is 0 Å². The number of hydrogen-bond donors (Lipinski definition) is 2. The summed E-state index contributed by atoms with van der Waals surface area (Å²) < 4.78 is 7.49. The number of ether oxygens (including phenoxy) is 1. The van der Waals surface area contributed by atoms with Crippen molar-refractivity contribution >= 4 is 11.0 Å². The average molecular weight is 415 g/mol. The first kappa shape index (κ1) is 19.9. The van der Waals surface area contributed by atoms with Crippen molar-refractivity contribution in [1.82, 2.24) is 9.55 Å². The number of aromatic nitrogens is 2. The zero-order valence-corrected chi connectivity index (χ0v) is 17.5. The molecule has 1 unspecified atom stereocenters. The summed E-state index contributed by atoms with van der Waals surface area (Å²) in [5.41, 5.74) is 1.62. The molecule has 1 aromatic heterocycles. The maximum atomic E-state index is 12.2. The second-order valence-electron chi connectivity index (χ2n) is 8.16. The van der Waals surface area contributed by atoms with E-state index in [9.17, 15) is 10.2 Å². The molecule has 1 atom stereocenters. The molecule has 0 aliphatic carbocycles. The van der Waals surface area contributed by atoms with Gasteiger partial charge in [0.25, 0.3) is 0 Å². The number of benzene rings is 3. The molecule has 3 aromatic carbocycles. The smallest absolute Gasteiger partial charge is 0.173 e. The van der Waals surface area contributed by atoms with E-state index in [1.807, 2.05) is 90.4 Å². The van der Waals surface area contributed by atoms with Crippen LogP contribution in [0.1, 0.15) is 35.9 Å². The molecule has 158 valence electrons. The third kappa shape index (κ3) is 3.17. The Morgan fingerprint density at radius 3 is 2.19 bits per heavy atom. The third-order valence-electron chi connectivity index (χ3n) is 6.31. The zero-order chi connectivity index (χ0) is 21.5. The molecule has 0 radical (unpaired) electrons. The standard InChI is InChI=1S/C26H26N2O3/c1-2-28-23-17-21(25(29)15-16-31-18-25)13-14-22(23)27-24(28)26(30,19-9-5-3-6-10-19)20-11-7-4-8-12-20/h3-14,17,29-30H,2,15-16,18H2,1H3. The topological polar surface area (TPSA) is 67.5 Å². The largest absolute Gasteiger partial charge is 0.383 e. The van der Waals surface area contributed by atoms with Crippen LogP contribution in [0.2, 0.25) is 0 Å². The zero-order valence-electron chi connectivity index (χ0n) is 17.5. The maximum absolute atomic E-state index is 12.2. The molecule has 1 aliphatic heterocycles. The van der Waals surface area contributed by atoms with Gasteiger partial charge in [-0.05, 0) is 35.7 Å².